The quantitative estimate of drug-likeness (QED) is 0.308. The second kappa shape index (κ2) is 10.6. The summed E-state index contributed by atoms with van der Waals surface area (Å²) in [6.45, 7) is 14.9. The Balaban J connectivity index is 2.03. The van der Waals surface area contributed by atoms with Crippen molar-refractivity contribution < 1.29 is 23.1 Å². The van der Waals surface area contributed by atoms with Crippen molar-refractivity contribution in [2.24, 2.45) is 0 Å². The maximum Gasteiger partial charge on any atom is 0.338 e. The maximum absolute atomic E-state index is 14.7. The second-order valence-electron chi connectivity index (χ2n) is 11.1. The SMILES string of the molecule is COC(=O)c1cccc2c1C[C@H](CO[Si](C)(C)C(C)(C)C)N(C(=O)Cc1c(F)ccc(C)c1Cl)[C@H]2C. The zero-order chi connectivity index (χ0) is 27.0. The number of hydrogen-bond acceptors (Lipinski definition) is 4. The molecule has 2 atom stereocenters. The lowest BCUT2D eigenvalue weighted by atomic mass is 9.85. The van der Waals surface area contributed by atoms with Crippen LogP contribution in [0.1, 0.15) is 66.3 Å². The molecule has 0 radical (unpaired) electrons. The van der Waals surface area contributed by atoms with E-state index in [2.05, 4.69) is 33.9 Å². The Morgan fingerprint density at radius 2 is 1.86 bits per heavy atom. The molecule has 5 nitrogen and oxygen atoms in total. The van der Waals surface area contributed by atoms with E-state index in [-0.39, 0.29) is 40.0 Å². The number of carbonyl (C=O) groups excluding carboxylic acids is 2. The number of ether oxygens (including phenoxy) is 1. The first-order valence-corrected chi connectivity index (χ1v) is 15.6. The molecule has 0 N–H and O–H groups in total. The van der Waals surface area contributed by atoms with Gasteiger partial charge in [-0.15, -0.1) is 0 Å². The van der Waals surface area contributed by atoms with E-state index in [1.807, 2.05) is 13.0 Å². The number of benzene rings is 2. The molecule has 0 unspecified atom stereocenters. The molecule has 1 aliphatic heterocycles. The van der Waals surface area contributed by atoms with E-state index in [9.17, 15) is 14.0 Å². The molecule has 1 amide bonds. The fourth-order valence-corrected chi connectivity index (χ4v) is 5.79. The van der Waals surface area contributed by atoms with E-state index >= 15 is 0 Å². The number of rotatable bonds is 6. The first-order chi connectivity index (χ1) is 16.7. The predicted molar refractivity (Wildman–Crippen MR) is 144 cm³/mol. The molecular weight excluding hydrogens is 497 g/mol. The number of amides is 1. The van der Waals surface area contributed by atoms with Crippen LogP contribution in [-0.2, 0) is 26.8 Å². The minimum absolute atomic E-state index is 0.00454. The molecule has 0 aromatic heterocycles. The number of carbonyl (C=O) groups is 2. The lowest BCUT2D eigenvalue weighted by molar-refractivity contribution is -0.137. The zero-order valence-corrected chi connectivity index (χ0v) is 24.3. The van der Waals surface area contributed by atoms with Gasteiger partial charge in [-0.1, -0.05) is 50.6 Å². The summed E-state index contributed by atoms with van der Waals surface area (Å²) in [5.74, 6) is -1.13. The van der Waals surface area contributed by atoms with E-state index < -0.39 is 20.1 Å². The van der Waals surface area contributed by atoms with Gasteiger partial charge in [0.25, 0.3) is 0 Å². The van der Waals surface area contributed by atoms with Gasteiger partial charge >= 0.3 is 5.97 Å². The number of hydrogen-bond donors (Lipinski definition) is 0. The van der Waals surface area contributed by atoms with Gasteiger partial charge in [-0.2, -0.15) is 0 Å². The maximum atomic E-state index is 14.7. The normalized spacial score (nSPS) is 18.1. The van der Waals surface area contributed by atoms with Gasteiger partial charge in [0.15, 0.2) is 8.32 Å². The van der Waals surface area contributed by atoms with E-state index in [0.717, 1.165) is 16.7 Å². The van der Waals surface area contributed by atoms with Crippen LogP contribution in [0, 0.1) is 12.7 Å². The molecule has 0 bridgehead atoms. The number of esters is 1. The summed E-state index contributed by atoms with van der Waals surface area (Å²) < 4.78 is 26.3. The third-order valence-corrected chi connectivity index (χ3v) is 12.8. The van der Waals surface area contributed by atoms with Gasteiger partial charge < -0.3 is 14.1 Å². The first kappa shape index (κ1) is 28.3. The monoisotopic (exact) mass is 533 g/mol. The number of halogens is 2. The minimum atomic E-state index is -2.12. The van der Waals surface area contributed by atoms with Crippen LogP contribution in [-0.4, -0.2) is 44.9 Å². The first-order valence-electron chi connectivity index (χ1n) is 12.3. The summed E-state index contributed by atoms with van der Waals surface area (Å²) in [4.78, 5) is 28.1. The number of methoxy groups -OCH3 is 1. The molecule has 36 heavy (non-hydrogen) atoms. The van der Waals surface area contributed by atoms with Crippen LogP contribution in [0.25, 0.3) is 0 Å². The van der Waals surface area contributed by atoms with Gasteiger partial charge in [0.1, 0.15) is 5.82 Å². The Morgan fingerprint density at radius 1 is 1.19 bits per heavy atom. The average molecular weight is 534 g/mol. The van der Waals surface area contributed by atoms with Gasteiger partial charge in [-0.25, -0.2) is 9.18 Å². The highest BCUT2D eigenvalue weighted by Crippen LogP contribution is 2.39. The molecule has 2 aromatic rings. The van der Waals surface area contributed by atoms with Crippen LogP contribution in [0.2, 0.25) is 23.2 Å². The lowest BCUT2D eigenvalue weighted by Gasteiger charge is -2.45. The summed E-state index contributed by atoms with van der Waals surface area (Å²) in [5, 5.41) is 0.269. The molecule has 1 aliphatic rings. The molecule has 0 fully saturated rings. The van der Waals surface area contributed by atoms with E-state index in [1.165, 1.54) is 13.2 Å². The molecule has 8 heteroatoms. The van der Waals surface area contributed by atoms with E-state index in [4.69, 9.17) is 20.8 Å². The van der Waals surface area contributed by atoms with Crippen LogP contribution in [0.15, 0.2) is 30.3 Å². The van der Waals surface area contributed by atoms with Gasteiger partial charge in [0, 0.05) is 5.56 Å². The molecule has 0 saturated heterocycles. The zero-order valence-electron chi connectivity index (χ0n) is 22.5. The van der Waals surface area contributed by atoms with Crippen molar-refractivity contribution >= 4 is 31.8 Å². The lowest BCUT2D eigenvalue weighted by Crippen LogP contribution is -2.52. The Kier molecular flexibility index (Phi) is 8.38. The van der Waals surface area contributed by atoms with Crippen molar-refractivity contribution in [3.05, 3.63) is 69.0 Å². The number of fused-ring (bicyclic) bond motifs is 1. The summed E-state index contributed by atoms with van der Waals surface area (Å²) >= 11 is 6.40. The summed E-state index contributed by atoms with van der Waals surface area (Å²) in [6.07, 6.45) is 0.286. The van der Waals surface area contributed by atoms with E-state index in [1.54, 1.807) is 30.0 Å². The van der Waals surface area contributed by atoms with Gasteiger partial charge in [-0.3, -0.25) is 4.79 Å². The van der Waals surface area contributed by atoms with Crippen molar-refractivity contribution in [1.29, 1.82) is 0 Å². The molecule has 0 aliphatic carbocycles. The van der Waals surface area contributed by atoms with Crippen molar-refractivity contribution in [1.82, 2.24) is 4.90 Å². The van der Waals surface area contributed by atoms with Crippen LogP contribution in [0.4, 0.5) is 4.39 Å². The highest BCUT2D eigenvalue weighted by Gasteiger charge is 2.41. The highest BCUT2D eigenvalue weighted by atomic mass is 35.5. The number of aryl methyl sites for hydroxylation is 1. The topological polar surface area (TPSA) is 55.8 Å². The Hall–Kier alpha value is -2.22. The summed E-state index contributed by atoms with van der Waals surface area (Å²) in [5.41, 5.74) is 3.17. The Labute approximate surface area is 220 Å². The van der Waals surface area contributed by atoms with Crippen LogP contribution >= 0.6 is 11.6 Å². The molecule has 2 aromatic carbocycles. The standard InChI is InChI=1S/C28H37ClFNO4Si/c1-17-12-13-24(30)23(26(17)29)15-25(32)31-18(2)20-10-9-11-21(27(33)34-6)22(20)14-19(31)16-35-36(7,8)28(3,4)5/h9-13,18-19H,14-16H2,1-8H3/t18-,19+/m0/s1. The smallest absolute Gasteiger partial charge is 0.338 e. The van der Waals surface area contributed by atoms with Crippen molar-refractivity contribution in [2.75, 3.05) is 13.7 Å². The van der Waals surface area contributed by atoms with Crippen molar-refractivity contribution in [3.8, 4) is 0 Å². The molecule has 196 valence electrons. The van der Waals surface area contributed by atoms with Crippen LogP contribution in [0.3, 0.4) is 0 Å². The Bertz CT molecular complexity index is 1160. The largest absolute Gasteiger partial charge is 0.465 e. The minimum Gasteiger partial charge on any atom is -0.465 e. The van der Waals surface area contributed by atoms with Gasteiger partial charge in [0.2, 0.25) is 5.91 Å². The third kappa shape index (κ3) is 5.53. The molecule has 3 rings (SSSR count). The van der Waals surface area contributed by atoms with Gasteiger partial charge in [0.05, 0.1) is 42.8 Å². The fraction of sp³-hybridized carbons (Fsp3) is 0.500. The summed E-state index contributed by atoms with van der Waals surface area (Å²) in [7, 11) is -0.756. The third-order valence-electron chi connectivity index (χ3n) is 7.76. The van der Waals surface area contributed by atoms with Crippen molar-refractivity contribution in [3.63, 3.8) is 0 Å². The van der Waals surface area contributed by atoms with E-state index in [0.29, 0.717) is 18.6 Å². The second-order valence-corrected chi connectivity index (χ2v) is 16.3. The highest BCUT2D eigenvalue weighted by molar-refractivity contribution is 6.74. The van der Waals surface area contributed by atoms with Gasteiger partial charge in [-0.05, 0) is 67.2 Å². The molecule has 1 heterocycles. The number of nitrogens with zero attached hydrogens (tertiary/aromatic N) is 1. The Morgan fingerprint density at radius 3 is 2.47 bits per heavy atom. The molecule has 0 spiro atoms. The van der Waals surface area contributed by atoms with Crippen molar-refractivity contribution in [2.45, 2.75) is 77.7 Å². The van der Waals surface area contributed by atoms with Crippen LogP contribution < -0.4 is 0 Å². The fourth-order valence-electron chi connectivity index (χ4n) is 4.52. The van der Waals surface area contributed by atoms with Crippen LogP contribution in [0.5, 0.6) is 0 Å². The molecule has 0 saturated carbocycles. The summed E-state index contributed by atoms with van der Waals surface area (Å²) in [6, 6.07) is 7.76. The average Bonchev–Trinajstić information content (AvgIpc) is 2.81. The molecular formula is C28H37ClFNO4Si. The predicted octanol–water partition coefficient (Wildman–Crippen LogP) is 6.65.